The van der Waals surface area contributed by atoms with Gasteiger partial charge in [0.25, 0.3) is 0 Å². The lowest BCUT2D eigenvalue weighted by Crippen LogP contribution is -2.43. The van der Waals surface area contributed by atoms with Gasteiger partial charge in [-0.15, -0.1) is 9.60 Å². The van der Waals surface area contributed by atoms with Gasteiger partial charge in [-0.25, -0.2) is 4.98 Å². The summed E-state index contributed by atoms with van der Waals surface area (Å²) in [6.07, 6.45) is 0. The number of pyridine rings is 1. The van der Waals surface area contributed by atoms with Gasteiger partial charge in [0.05, 0.1) is 12.1 Å². The number of rotatable bonds is 5. The fourth-order valence-corrected chi connectivity index (χ4v) is 4.55. The Morgan fingerprint density at radius 2 is 1.55 bits per heavy atom. The van der Waals surface area contributed by atoms with E-state index in [2.05, 4.69) is 66.4 Å². The quantitative estimate of drug-likeness (QED) is 0.341. The number of benzene rings is 3. The first-order valence-electron chi connectivity index (χ1n) is 11.5. The Morgan fingerprint density at radius 3 is 2.24 bits per heavy atom. The van der Waals surface area contributed by atoms with Crippen molar-refractivity contribution >= 4 is 16.7 Å². The summed E-state index contributed by atoms with van der Waals surface area (Å²) in [6, 6.07) is 25.1. The number of fused-ring (bicyclic) bond motifs is 1. The highest BCUT2D eigenvalue weighted by molar-refractivity contribution is 6.06. The molecule has 0 radical (unpaired) electrons. The van der Waals surface area contributed by atoms with Crippen LogP contribution >= 0.6 is 0 Å². The van der Waals surface area contributed by atoms with Gasteiger partial charge >= 0.3 is 0 Å². The van der Waals surface area contributed by atoms with Gasteiger partial charge in [0, 0.05) is 42.7 Å². The topological polar surface area (TPSA) is 28.6 Å². The average molecular weight is 442 g/mol. The maximum atomic E-state index is 13.8. The molecular weight excluding hydrogens is 413 g/mol. The number of aromatic nitrogens is 1. The van der Waals surface area contributed by atoms with E-state index < -0.39 is 0 Å². The van der Waals surface area contributed by atoms with Crippen molar-refractivity contribution in [1.29, 1.82) is 0 Å². The normalized spacial score (nSPS) is 14.6. The lowest BCUT2D eigenvalue weighted by Gasteiger charge is -2.33. The van der Waals surface area contributed by atoms with Gasteiger partial charge in [-0.3, -0.25) is 0 Å². The number of nitrogens with zero attached hydrogens (tertiary/aromatic N) is 3. The minimum Gasteiger partial charge on any atom is -0.494 e. The first-order valence-corrected chi connectivity index (χ1v) is 11.5. The predicted octanol–water partition coefficient (Wildman–Crippen LogP) is 6.28. The maximum absolute atomic E-state index is 13.8. The minimum absolute atomic E-state index is 0.372. The van der Waals surface area contributed by atoms with E-state index in [-0.39, 0.29) is 0 Å². The molecule has 1 saturated heterocycles. The van der Waals surface area contributed by atoms with E-state index in [1.54, 1.807) is 0 Å². The second kappa shape index (κ2) is 9.20. The zero-order valence-electron chi connectivity index (χ0n) is 19.1. The van der Waals surface area contributed by atoms with Crippen molar-refractivity contribution in [3.8, 4) is 28.0 Å². The Kier molecular flexibility index (Phi) is 5.97. The Balaban J connectivity index is 1.80. The maximum Gasteiger partial charge on any atom is 0.137 e. The largest absolute Gasteiger partial charge is 0.494 e. The van der Waals surface area contributed by atoms with E-state index in [9.17, 15) is 4.48 Å². The summed E-state index contributed by atoms with van der Waals surface area (Å²) < 4.78 is 19.5. The standard InChI is InChI=1S/C28H28FN3O/c1-3-33-23-12-10-22(11-13-23)27-26(21-7-5-4-6-8-21)24-14-9-20(2)19-25(24)30-28(27)31-15-17-32(29)18-16-31/h4-14,19H,3,15-18H2,1-2H3. The van der Waals surface area contributed by atoms with Crippen LogP contribution in [-0.2, 0) is 0 Å². The molecule has 0 spiro atoms. The number of piperazine rings is 1. The predicted molar refractivity (Wildman–Crippen MR) is 133 cm³/mol. The molecule has 0 N–H and O–H groups in total. The number of anilines is 1. The molecule has 0 atom stereocenters. The number of hydrogen-bond acceptors (Lipinski definition) is 4. The Hall–Kier alpha value is -3.44. The molecule has 33 heavy (non-hydrogen) atoms. The Bertz CT molecular complexity index is 1250. The number of halogens is 1. The van der Waals surface area contributed by atoms with Crippen LogP contribution in [0.1, 0.15) is 12.5 Å². The second-order valence-corrected chi connectivity index (χ2v) is 8.43. The van der Waals surface area contributed by atoms with Crippen molar-refractivity contribution < 1.29 is 9.22 Å². The van der Waals surface area contributed by atoms with Gasteiger partial charge in [0.15, 0.2) is 0 Å². The molecule has 1 aliphatic heterocycles. The van der Waals surface area contributed by atoms with Gasteiger partial charge in [0.1, 0.15) is 11.6 Å². The SMILES string of the molecule is CCOc1ccc(-c2c(N3CCN(F)CC3)nc3cc(C)ccc3c2-c2ccccc2)cc1. The zero-order chi connectivity index (χ0) is 22.8. The van der Waals surface area contributed by atoms with Crippen molar-refractivity contribution in [2.75, 3.05) is 37.7 Å². The lowest BCUT2D eigenvalue weighted by molar-refractivity contribution is 0.0199. The van der Waals surface area contributed by atoms with Crippen molar-refractivity contribution in [2.24, 2.45) is 0 Å². The molecule has 1 aromatic heterocycles. The molecule has 1 fully saturated rings. The number of ether oxygens (including phenoxy) is 1. The van der Waals surface area contributed by atoms with E-state index in [1.165, 1.54) is 5.56 Å². The fraction of sp³-hybridized carbons (Fsp3) is 0.250. The average Bonchev–Trinajstić information content (AvgIpc) is 2.84. The molecule has 0 aliphatic carbocycles. The van der Waals surface area contributed by atoms with Gasteiger partial charge < -0.3 is 9.64 Å². The monoisotopic (exact) mass is 441 g/mol. The molecule has 3 aromatic carbocycles. The molecule has 5 rings (SSSR count). The summed E-state index contributed by atoms with van der Waals surface area (Å²) in [5.74, 6) is 1.75. The van der Waals surface area contributed by atoms with Crippen LogP contribution in [0, 0.1) is 6.92 Å². The van der Waals surface area contributed by atoms with E-state index in [0.29, 0.717) is 32.8 Å². The Morgan fingerprint density at radius 1 is 0.848 bits per heavy atom. The molecule has 5 heteroatoms. The Labute approximate surface area is 194 Å². The summed E-state index contributed by atoms with van der Waals surface area (Å²) in [4.78, 5) is 7.38. The van der Waals surface area contributed by atoms with Crippen LogP contribution < -0.4 is 9.64 Å². The van der Waals surface area contributed by atoms with Crippen LogP contribution in [0.3, 0.4) is 0 Å². The summed E-state index contributed by atoms with van der Waals surface area (Å²) >= 11 is 0. The zero-order valence-corrected chi connectivity index (χ0v) is 19.1. The van der Waals surface area contributed by atoms with Crippen LogP contribution in [0.5, 0.6) is 5.75 Å². The number of aryl methyl sites for hydroxylation is 1. The van der Waals surface area contributed by atoms with Crippen LogP contribution in [0.4, 0.5) is 10.3 Å². The summed E-state index contributed by atoms with van der Waals surface area (Å²) in [5, 5.41) is 2.00. The summed E-state index contributed by atoms with van der Waals surface area (Å²) in [7, 11) is 0. The molecule has 4 aromatic rings. The summed E-state index contributed by atoms with van der Waals surface area (Å²) in [5.41, 5.74) is 6.58. The third-order valence-electron chi connectivity index (χ3n) is 6.16. The van der Waals surface area contributed by atoms with Crippen LogP contribution in [-0.4, -0.2) is 42.9 Å². The van der Waals surface area contributed by atoms with Crippen molar-refractivity contribution in [3.05, 3.63) is 78.4 Å². The van der Waals surface area contributed by atoms with Crippen LogP contribution in [0.15, 0.2) is 72.8 Å². The van der Waals surface area contributed by atoms with E-state index in [1.807, 2.05) is 25.1 Å². The molecule has 0 saturated carbocycles. The molecule has 0 unspecified atom stereocenters. The lowest BCUT2D eigenvalue weighted by atomic mass is 9.90. The van der Waals surface area contributed by atoms with Crippen molar-refractivity contribution in [3.63, 3.8) is 0 Å². The summed E-state index contributed by atoms with van der Waals surface area (Å²) in [6.45, 7) is 6.64. The van der Waals surface area contributed by atoms with Crippen molar-refractivity contribution in [1.82, 2.24) is 10.1 Å². The highest BCUT2D eigenvalue weighted by Gasteiger charge is 2.25. The molecule has 4 nitrogen and oxygen atoms in total. The highest BCUT2D eigenvalue weighted by Crippen LogP contribution is 2.43. The first kappa shape index (κ1) is 21.4. The van der Waals surface area contributed by atoms with Gasteiger partial charge in [-0.1, -0.05) is 54.6 Å². The van der Waals surface area contributed by atoms with Gasteiger partial charge in [0.2, 0.25) is 0 Å². The fourth-order valence-electron chi connectivity index (χ4n) is 4.55. The van der Waals surface area contributed by atoms with Gasteiger partial charge in [-0.05, 0) is 48.7 Å². The van der Waals surface area contributed by atoms with Crippen molar-refractivity contribution in [2.45, 2.75) is 13.8 Å². The molecule has 1 aliphatic rings. The smallest absolute Gasteiger partial charge is 0.137 e. The van der Waals surface area contributed by atoms with E-state index in [4.69, 9.17) is 9.72 Å². The molecule has 2 heterocycles. The van der Waals surface area contributed by atoms with E-state index >= 15 is 0 Å². The van der Waals surface area contributed by atoms with Gasteiger partial charge in [-0.2, -0.15) is 0 Å². The van der Waals surface area contributed by atoms with Crippen LogP contribution in [0.25, 0.3) is 33.2 Å². The second-order valence-electron chi connectivity index (χ2n) is 8.43. The third-order valence-corrected chi connectivity index (χ3v) is 6.16. The first-order chi connectivity index (χ1) is 16.1. The van der Waals surface area contributed by atoms with E-state index in [0.717, 1.165) is 49.8 Å². The number of hydrogen-bond donors (Lipinski definition) is 0. The molecule has 0 amide bonds. The highest BCUT2D eigenvalue weighted by atomic mass is 19.2. The molecular formula is C28H28FN3O. The molecule has 168 valence electrons. The minimum atomic E-state index is 0.372. The van der Waals surface area contributed by atoms with Crippen LogP contribution in [0.2, 0.25) is 0 Å². The molecule has 0 bridgehead atoms. The third kappa shape index (κ3) is 4.29.